The van der Waals surface area contributed by atoms with Crippen molar-refractivity contribution in [3.8, 4) is 0 Å². The molecule has 2 N–H and O–H groups in total. The van der Waals surface area contributed by atoms with Crippen LogP contribution in [-0.4, -0.2) is 24.7 Å². The van der Waals surface area contributed by atoms with E-state index in [1.54, 1.807) is 0 Å². The van der Waals surface area contributed by atoms with E-state index in [1.807, 2.05) is 0 Å². The van der Waals surface area contributed by atoms with Crippen LogP contribution in [0.25, 0.3) is 0 Å². The Morgan fingerprint density at radius 3 is 2.50 bits per heavy atom. The van der Waals surface area contributed by atoms with Crippen LogP contribution in [0, 0.1) is 11.8 Å². The summed E-state index contributed by atoms with van der Waals surface area (Å²) in [6, 6.07) is 2.39. The van der Waals surface area contributed by atoms with Crippen molar-refractivity contribution in [1.82, 2.24) is 10.6 Å². The first-order valence-corrected chi connectivity index (χ1v) is 9.36. The second-order valence-electron chi connectivity index (χ2n) is 7.56. The molecule has 0 spiro atoms. The third-order valence-electron chi connectivity index (χ3n) is 5.94. The van der Waals surface area contributed by atoms with Crippen LogP contribution in [0.4, 0.5) is 0 Å². The van der Waals surface area contributed by atoms with Crippen molar-refractivity contribution in [2.24, 2.45) is 11.8 Å². The summed E-state index contributed by atoms with van der Waals surface area (Å²) in [6.07, 6.45) is 15.8. The van der Waals surface area contributed by atoms with Gasteiger partial charge in [0.05, 0.1) is 0 Å². The van der Waals surface area contributed by atoms with Crippen LogP contribution in [-0.2, 0) is 0 Å². The Balaban J connectivity index is 1.55. The smallest absolute Gasteiger partial charge is 0.0113 e. The lowest BCUT2D eigenvalue weighted by Gasteiger charge is -2.41. The molecule has 4 atom stereocenters. The Kier molecular flexibility index (Phi) is 5.39. The Morgan fingerprint density at radius 2 is 1.80 bits per heavy atom. The van der Waals surface area contributed by atoms with E-state index >= 15 is 0 Å². The van der Waals surface area contributed by atoms with E-state index in [0.717, 1.165) is 30.0 Å². The maximum Gasteiger partial charge on any atom is 0.0113 e. The SMILES string of the molecule is CCC(CC1CC1)NC1CCCCC1C1CCCCN1. The van der Waals surface area contributed by atoms with Gasteiger partial charge < -0.3 is 10.6 Å². The minimum absolute atomic E-state index is 0.789. The molecule has 3 aliphatic rings. The molecule has 0 aromatic carbocycles. The van der Waals surface area contributed by atoms with Crippen molar-refractivity contribution in [2.45, 2.75) is 95.7 Å². The number of hydrogen-bond donors (Lipinski definition) is 2. The van der Waals surface area contributed by atoms with Gasteiger partial charge in [0, 0.05) is 18.1 Å². The fourth-order valence-corrected chi connectivity index (χ4v) is 4.50. The van der Waals surface area contributed by atoms with Gasteiger partial charge in [0.25, 0.3) is 0 Å². The van der Waals surface area contributed by atoms with Gasteiger partial charge in [0.15, 0.2) is 0 Å². The number of nitrogens with one attached hydrogen (secondary N) is 2. The zero-order valence-electron chi connectivity index (χ0n) is 13.4. The first-order chi connectivity index (χ1) is 9.86. The Bertz CT molecular complexity index is 281. The highest BCUT2D eigenvalue weighted by Gasteiger charge is 2.34. The van der Waals surface area contributed by atoms with Gasteiger partial charge >= 0.3 is 0 Å². The van der Waals surface area contributed by atoms with Gasteiger partial charge in [-0.15, -0.1) is 0 Å². The van der Waals surface area contributed by atoms with E-state index in [2.05, 4.69) is 17.6 Å². The lowest BCUT2D eigenvalue weighted by Crippen LogP contribution is -2.52. The molecule has 1 heterocycles. The summed E-state index contributed by atoms with van der Waals surface area (Å²) in [5.74, 6) is 1.96. The van der Waals surface area contributed by atoms with Crippen LogP contribution in [0.1, 0.15) is 77.6 Å². The van der Waals surface area contributed by atoms with Crippen LogP contribution in [0.5, 0.6) is 0 Å². The van der Waals surface area contributed by atoms with Gasteiger partial charge in [-0.05, 0) is 56.9 Å². The molecule has 2 aliphatic carbocycles. The Labute approximate surface area is 125 Å². The molecular weight excluding hydrogens is 244 g/mol. The van der Waals surface area contributed by atoms with E-state index in [0.29, 0.717) is 0 Å². The van der Waals surface area contributed by atoms with Gasteiger partial charge in [0.2, 0.25) is 0 Å². The molecule has 116 valence electrons. The van der Waals surface area contributed by atoms with Gasteiger partial charge in [-0.3, -0.25) is 0 Å². The summed E-state index contributed by atoms with van der Waals surface area (Å²) >= 11 is 0. The molecular formula is C18H34N2. The van der Waals surface area contributed by atoms with Crippen LogP contribution >= 0.6 is 0 Å². The zero-order chi connectivity index (χ0) is 13.8. The van der Waals surface area contributed by atoms with Crippen molar-refractivity contribution in [2.75, 3.05) is 6.54 Å². The third kappa shape index (κ3) is 3.98. The fraction of sp³-hybridized carbons (Fsp3) is 1.00. The molecule has 2 heteroatoms. The second-order valence-corrected chi connectivity index (χ2v) is 7.56. The second kappa shape index (κ2) is 7.26. The first-order valence-electron chi connectivity index (χ1n) is 9.36. The van der Waals surface area contributed by atoms with Gasteiger partial charge in [0.1, 0.15) is 0 Å². The van der Waals surface area contributed by atoms with Crippen molar-refractivity contribution in [3.05, 3.63) is 0 Å². The van der Waals surface area contributed by atoms with Crippen LogP contribution in [0.15, 0.2) is 0 Å². The molecule has 1 saturated heterocycles. The summed E-state index contributed by atoms with van der Waals surface area (Å²) in [4.78, 5) is 0. The van der Waals surface area contributed by atoms with Gasteiger partial charge in [-0.1, -0.05) is 39.0 Å². The molecule has 0 aromatic rings. The van der Waals surface area contributed by atoms with E-state index in [1.165, 1.54) is 77.2 Å². The highest BCUT2D eigenvalue weighted by atomic mass is 15.0. The molecule has 0 bridgehead atoms. The molecule has 2 saturated carbocycles. The van der Waals surface area contributed by atoms with Crippen molar-refractivity contribution < 1.29 is 0 Å². The van der Waals surface area contributed by atoms with E-state index in [4.69, 9.17) is 0 Å². The fourth-order valence-electron chi connectivity index (χ4n) is 4.50. The monoisotopic (exact) mass is 278 g/mol. The normalized spacial score (nSPS) is 36.8. The van der Waals surface area contributed by atoms with Crippen LogP contribution < -0.4 is 10.6 Å². The molecule has 0 amide bonds. The van der Waals surface area contributed by atoms with Crippen molar-refractivity contribution >= 4 is 0 Å². The topological polar surface area (TPSA) is 24.1 Å². The van der Waals surface area contributed by atoms with E-state index in [-0.39, 0.29) is 0 Å². The Morgan fingerprint density at radius 1 is 1.00 bits per heavy atom. The summed E-state index contributed by atoms with van der Waals surface area (Å²) in [5.41, 5.74) is 0. The predicted molar refractivity (Wildman–Crippen MR) is 85.9 cm³/mol. The van der Waals surface area contributed by atoms with E-state index < -0.39 is 0 Å². The highest BCUT2D eigenvalue weighted by Crippen LogP contribution is 2.35. The summed E-state index contributed by atoms with van der Waals surface area (Å²) < 4.78 is 0. The zero-order valence-corrected chi connectivity index (χ0v) is 13.4. The maximum atomic E-state index is 4.08. The highest BCUT2D eigenvalue weighted by molar-refractivity contribution is 4.92. The average Bonchev–Trinajstić information content (AvgIpc) is 3.32. The molecule has 0 aromatic heterocycles. The number of piperidine rings is 1. The van der Waals surface area contributed by atoms with Gasteiger partial charge in [-0.25, -0.2) is 0 Å². The lowest BCUT2D eigenvalue weighted by molar-refractivity contribution is 0.168. The van der Waals surface area contributed by atoms with Crippen molar-refractivity contribution in [3.63, 3.8) is 0 Å². The quantitative estimate of drug-likeness (QED) is 0.771. The average molecular weight is 278 g/mol. The Hall–Kier alpha value is -0.0800. The number of hydrogen-bond acceptors (Lipinski definition) is 2. The minimum Gasteiger partial charge on any atom is -0.314 e. The first kappa shape index (κ1) is 14.8. The van der Waals surface area contributed by atoms with E-state index in [9.17, 15) is 0 Å². The lowest BCUT2D eigenvalue weighted by atomic mass is 9.77. The minimum atomic E-state index is 0.789. The third-order valence-corrected chi connectivity index (χ3v) is 5.94. The molecule has 1 aliphatic heterocycles. The summed E-state index contributed by atoms with van der Waals surface area (Å²) in [5, 5.41) is 7.91. The van der Waals surface area contributed by atoms with Crippen molar-refractivity contribution in [1.29, 1.82) is 0 Å². The predicted octanol–water partition coefficient (Wildman–Crippen LogP) is 3.86. The molecule has 4 unspecified atom stereocenters. The van der Waals surface area contributed by atoms with Gasteiger partial charge in [-0.2, -0.15) is 0 Å². The molecule has 3 fully saturated rings. The summed E-state index contributed by atoms with van der Waals surface area (Å²) in [7, 11) is 0. The molecule has 0 radical (unpaired) electrons. The van der Waals surface area contributed by atoms with Crippen LogP contribution in [0.3, 0.4) is 0 Å². The largest absolute Gasteiger partial charge is 0.314 e. The molecule has 3 rings (SSSR count). The molecule has 2 nitrogen and oxygen atoms in total. The van der Waals surface area contributed by atoms with Crippen LogP contribution in [0.2, 0.25) is 0 Å². The summed E-state index contributed by atoms with van der Waals surface area (Å²) in [6.45, 7) is 3.63. The number of rotatable bonds is 6. The molecule has 20 heavy (non-hydrogen) atoms. The maximum absolute atomic E-state index is 4.08. The standard InChI is InChI=1S/C18H34N2/c1-2-15(13-14-10-11-14)20-18-9-4-3-7-16(18)17-8-5-6-12-19-17/h14-20H,2-13H2,1H3.